The van der Waals surface area contributed by atoms with E-state index in [9.17, 15) is 8.42 Å². The first-order chi connectivity index (χ1) is 7.95. The van der Waals surface area contributed by atoms with Gasteiger partial charge in [-0.3, -0.25) is 0 Å². The van der Waals surface area contributed by atoms with E-state index in [1.807, 2.05) is 6.07 Å². The van der Waals surface area contributed by atoms with Crippen molar-refractivity contribution in [2.24, 2.45) is 0 Å². The summed E-state index contributed by atoms with van der Waals surface area (Å²) in [4.78, 5) is 0.136. The van der Waals surface area contributed by atoms with Crippen LogP contribution in [-0.4, -0.2) is 32.7 Å². The van der Waals surface area contributed by atoms with Crippen molar-refractivity contribution < 1.29 is 8.42 Å². The molecule has 0 aliphatic rings. The Hall–Kier alpha value is -1.09. The van der Waals surface area contributed by atoms with Crippen LogP contribution >= 0.6 is 11.6 Å². The predicted molar refractivity (Wildman–Crippen MR) is 66.4 cm³/mol. The number of benzene rings is 1. The molecule has 0 spiro atoms. The summed E-state index contributed by atoms with van der Waals surface area (Å²) in [7, 11) is -0.644. The highest BCUT2D eigenvalue weighted by Gasteiger charge is 2.24. The van der Waals surface area contributed by atoms with Crippen LogP contribution in [0.15, 0.2) is 29.2 Å². The summed E-state index contributed by atoms with van der Waals surface area (Å²) in [6, 6.07) is 8.43. The Morgan fingerprint density at radius 1 is 1.41 bits per heavy atom. The van der Waals surface area contributed by atoms with Crippen molar-refractivity contribution in [1.29, 1.82) is 5.26 Å². The lowest BCUT2D eigenvalue weighted by Crippen LogP contribution is -2.24. The Bertz CT molecular complexity index is 535. The van der Waals surface area contributed by atoms with Crippen molar-refractivity contribution in [3.8, 4) is 6.07 Å². The summed E-state index contributed by atoms with van der Waals surface area (Å²) in [6.45, 7) is 0. The average Bonchev–Trinajstić information content (AvgIpc) is 2.31. The smallest absolute Gasteiger partial charge is 0.207 e. The standard InChI is InChI=1S/C11H13ClN2O2S/c1-14(2)17(15,16)11-6-4-3-5-10(11)9(7-12)8-13/h3-6,9H,7H2,1-2H3. The minimum absolute atomic E-state index is 0.0659. The molecule has 0 heterocycles. The third-order valence-corrected chi connectivity index (χ3v) is 4.56. The molecule has 1 aromatic rings. The van der Waals surface area contributed by atoms with Crippen LogP contribution in [0.25, 0.3) is 0 Å². The number of nitrogens with zero attached hydrogens (tertiary/aromatic N) is 2. The maximum absolute atomic E-state index is 12.1. The lowest BCUT2D eigenvalue weighted by Gasteiger charge is -2.16. The predicted octanol–water partition coefficient (Wildman–Crippen LogP) is 1.78. The molecule has 0 N–H and O–H groups in total. The van der Waals surface area contributed by atoms with Gasteiger partial charge in [-0.25, -0.2) is 12.7 Å². The monoisotopic (exact) mass is 272 g/mol. The lowest BCUT2D eigenvalue weighted by molar-refractivity contribution is 0.519. The van der Waals surface area contributed by atoms with Crippen LogP contribution in [0.5, 0.6) is 0 Å². The van der Waals surface area contributed by atoms with Gasteiger partial charge in [0.1, 0.15) is 0 Å². The van der Waals surface area contributed by atoms with Crippen molar-refractivity contribution in [3.63, 3.8) is 0 Å². The summed E-state index contributed by atoms with van der Waals surface area (Å²) < 4.78 is 25.2. The highest BCUT2D eigenvalue weighted by molar-refractivity contribution is 7.89. The first kappa shape index (κ1) is 14.0. The molecule has 4 nitrogen and oxygen atoms in total. The summed E-state index contributed by atoms with van der Waals surface area (Å²) >= 11 is 5.67. The van der Waals surface area contributed by atoms with Crippen molar-refractivity contribution in [2.45, 2.75) is 10.8 Å². The third kappa shape index (κ3) is 2.78. The minimum atomic E-state index is -3.55. The van der Waals surface area contributed by atoms with Gasteiger partial charge in [-0.15, -0.1) is 11.6 Å². The largest absolute Gasteiger partial charge is 0.242 e. The number of nitriles is 1. The van der Waals surface area contributed by atoms with Gasteiger partial charge in [0.05, 0.1) is 16.9 Å². The maximum Gasteiger partial charge on any atom is 0.242 e. The molecular weight excluding hydrogens is 260 g/mol. The van der Waals surface area contributed by atoms with Gasteiger partial charge in [0, 0.05) is 20.0 Å². The van der Waals surface area contributed by atoms with Crippen LogP contribution < -0.4 is 0 Å². The second-order valence-corrected chi connectivity index (χ2v) is 6.09. The number of alkyl halides is 1. The Labute approximate surface area is 106 Å². The molecule has 0 fully saturated rings. The third-order valence-electron chi connectivity index (χ3n) is 2.36. The van der Waals surface area contributed by atoms with Gasteiger partial charge < -0.3 is 0 Å². The molecule has 0 aromatic heterocycles. The zero-order valence-electron chi connectivity index (χ0n) is 9.59. The average molecular weight is 273 g/mol. The molecule has 17 heavy (non-hydrogen) atoms. The molecule has 0 radical (unpaired) electrons. The highest BCUT2D eigenvalue weighted by Crippen LogP contribution is 2.26. The van der Waals surface area contributed by atoms with Crippen LogP contribution in [0.2, 0.25) is 0 Å². The number of hydrogen-bond acceptors (Lipinski definition) is 3. The lowest BCUT2D eigenvalue weighted by atomic mass is 10.0. The topological polar surface area (TPSA) is 61.2 Å². The molecule has 0 saturated heterocycles. The number of halogens is 1. The van der Waals surface area contributed by atoms with Crippen molar-refractivity contribution >= 4 is 21.6 Å². The summed E-state index contributed by atoms with van der Waals surface area (Å²) in [6.07, 6.45) is 0. The molecule has 1 unspecified atom stereocenters. The van der Waals surface area contributed by atoms with E-state index in [2.05, 4.69) is 0 Å². The zero-order chi connectivity index (χ0) is 13.1. The zero-order valence-corrected chi connectivity index (χ0v) is 11.2. The van der Waals surface area contributed by atoms with E-state index in [4.69, 9.17) is 16.9 Å². The summed E-state index contributed by atoms with van der Waals surface area (Å²) in [5.74, 6) is -0.557. The van der Waals surface area contributed by atoms with Gasteiger partial charge in [0.25, 0.3) is 0 Å². The Morgan fingerprint density at radius 2 is 2.00 bits per heavy atom. The van der Waals surface area contributed by atoms with Crippen LogP contribution in [0.4, 0.5) is 0 Å². The SMILES string of the molecule is CN(C)S(=O)(=O)c1ccccc1C(C#N)CCl. The van der Waals surface area contributed by atoms with E-state index >= 15 is 0 Å². The van der Waals surface area contributed by atoms with E-state index in [1.54, 1.807) is 18.2 Å². The molecular formula is C11H13ClN2O2S. The van der Waals surface area contributed by atoms with E-state index < -0.39 is 15.9 Å². The molecule has 1 aromatic carbocycles. The molecule has 1 rings (SSSR count). The fourth-order valence-electron chi connectivity index (χ4n) is 1.39. The van der Waals surface area contributed by atoms with Gasteiger partial charge in [0.2, 0.25) is 10.0 Å². The Morgan fingerprint density at radius 3 is 2.47 bits per heavy atom. The number of sulfonamides is 1. The molecule has 1 atom stereocenters. The highest BCUT2D eigenvalue weighted by atomic mass is 35.5. The van der Waals surface area contributed by atoms with Gasteiger partial charge in [-0.2, -0.15) is 5.26 Å². The molecule has 92 valence electrons. The van der Waals surface area contributed by atoms with Crippen LogP contribution in [-0.2, 0) is 10.0 Å². The van der Waals surface area contributed by atoms with E-state index in [0.717, 1.165) is 4.31 Å². The fourth-order valence-corrected chi connectivity index (χ4v) is 2.77. The number of hydrogen-bond donors (Lipinski definition) is 0. The first-order valence-corrected chi connectivity index (χ1v) is 6.89. The van der Waals surface area contributed by atoms with E-state index in [0.29, 0.717) is 5.56 Å². The van der Waals surface area contributed by atoms with Crippen molar-refractivity contribution in [1.82, 2.24) is 4.31 Å². The molecule has 0 aliphatic heterocycles. The quantitative estimate of drug-likeness (QED) is 0.785. The van der Waals surface area contributed by atoms with Crippen LogP contribution in [0.1, 0.15) is 11.5 Å². The molecule has 0 aliphatic carbocycles. The summed E-state index contributed by atoms with van der Waals surface area (Å²) in [5.41, 5.74) is 0.443. The Kier molecular flexibility index (Phi) is 4.52. The molecule has 0 amide bonds. The van der Waals surface area contributed by atoms with E-state index in [-0.39, 0.29) is 10.8 Å². The molecule has 6 heteroatoms. The fraction of sp³-hybridized carbons (Fsp3) is 0.364. The second-order valence-electron chi connectivity index (χ2n) is 3.66. The summed E-state index contributed by atoms with van der Waals surface area (Å²) in [5, 5.41) is 8.97. The van der Waals surface area contributed by atoms with Gasteiger partial charge in [0.15, 0.2) is 0 Å². The second kappa shape index (κ2) is 5.50. The first-order valence-electron chi connectivity index (χ1n) is 4.92. The van der Waals surface area contributed by atoms with Crippen LogP contribution in [0, 0.1) is 11.3 Å². The van der Waals surface area contributed by atoms with Crippen molar-refractivity contribution in [2.75, 3.05) is 20.0 Å². The van der Waals surface area contributed by atoms with Crippen molar-refractivity contribution in [3.05, 3.63) is 29.8 Å². The minimum Gasteiger partial charge on any atom is -0.207 e. The van der Waals surface area contributed by atoms with E-state index in [1.165, 1.54) is 20.2 Å². The van der Waals surface area contributed by atoms with Gasteiger partial charge in [-0.1, -0.05) is 18.2 Å². The van der Waals surface area contributed by atoms with Gasteiger partial charge >= 0.3 is 0 Å². The maximum atomic E-state index is 12.1. The van der Waals surface area contributed by atoms with Gasteiger partial charge in [-0.05, 0) is 11.6 Å². The van der Waals surface area contributed by atoms with Crippen LogP contribution in [0.3, 0.4) is 0 Å². The molecule has 0 saturated carbocycles. The number of rotatable bonds is 4. The normalized spacial score (nSPS) is 13.4. The Balaban J connectivity index is 3.42. The molecule has 0 bridgehead atoms.